The molecule has 3 aromatic rings. The number of amides is 2. The molecule has 1 aliphatic rings. The van der Waals surface area contributed by atoms with Crippen molar-refractivity contribution in [3.63, 3.8) is 0 Å². The van der Waals surface area contributed by atoms with Gasteiger partial charge in [0.2, 0.25) is 0 Å². The van der Waals surface area contributed by atoms with E-state index in [2.05, 4.69) is 19.6 Å². The number of benzene rings is 1. The van der Waals surface area contributed by atoms with Gasteiger partial charge in [0.05, 0.1) is 24.8 Å². The number of carbonyl (C=O) groups excluding carboxylic acids is 2. The molecule has 210 valence electrons. The standard InChI is InChI=1S/C28H34F2N4O5/c1-17-13-23(39-4)21(25(35)32-17)14-31-26(36)24-18(2)34(22-8-6-5-7-20(22)24)15-19-9-11-33(12-10-19)27(37)28(29,30)16-38-3/h5-8,13,19H,9-12,14-16H2,1-4H3,(H,31,36)(H,32,35). The molecule has 0 radical (unpaired) electrons. The zero-order chi connectivity index (χ0) is 28.3. The van der Waals surface area contributed by atoms with Crippen molar-refractivity contribution >= 4 is 22.7 Å². The summed E-state index contributed by atoms with van der Waals surface area (Å²) in [6, 6.07) is 9.29. The van der Waals surface area contributed by atoms with E-state index in [0.717, 1.165) is 23.7 Å². The van der Waals surface area contributed by atoms with Gasteiger partial charge in [0, 0.05) is 49.0 Å². The lowest BCUT2D eigenvalue weighted by molar-refractivity contribution is -0.166. The lowest BCUT2D eigenvalue weighted by atomic mass is 9.96. The van der Waals surface area contributed by atoms with Gasteiger partial charge in [0.15, 0.2) is 0 Å². The highest BCUT2D eigenvalue weighted by molar-refractivity contribution is 6.08. The molecule has 4 rings (SSSR count). The molecule has 11 heteroatoms. The predicted molar refractivity (Wildman–Crippen MR) is 142 cm³/mol. The smallest absolute Gasteiger partial charge is 0.347 e. The fourth-order valence-electron chi connectivity index (χ4n) is 5.30. The predicted octanol–water partition coefficient (Wildman–Crippen LogP) is 3.41. The van der Waals surface area contributed by atoms with E-state index < -0.39 is 18.4 Å². The highest BCUT2D eigenvalue weighted by atomic mass is 19.3. The summed E-state index contributed by atoms with van der Waals surface area (Å²) in [7, 11) is 2.62. The Morgan fingerprint density at radius 1 is 1.15 bits per heavy atom. The first-order chi connectivity index (χ1) is 18.6. The van der Waals surface area contributed by atoms with Crippen molar-refractivity contribution in [3.05, 3.63) is 63.2 Å². The zero-order valence-electron chi connectivity index (χ0n) is 22.6. The third-order valence-electron chi connectivity index (χ3n) is 7.31. The van der Waals surface area contributed by atoms with Gasteiger partial charge in [-0.1, -0.05) is 18.2 Å². The summed E-state index contributed by atoms with van der Waals surface area (Å²) in [5.41, 5.74) is 2.83. The maximum atomic E-state index is 14.0. The molecule has 0 bridgehead atoms. The van der Waals surface area contributed by atoms with Crippen LogP contribution in [-0.4, -0.2) is 66.1 Å². The van der Waals surface area contributed by atoms with Crippen molar-refractivity contribution in [3.8, 4) is 5.75 Å². The van der Waals surface area contributed by atoms with Gasteiger partial charge in [-0.05, 0) is 44.7 Å². The number of alkyl halides is 2. The number of nitrogens with zero attached hydrogens (tertiary/aromatic N) is 2. The number of hydrogen-bond donors (Lipinski definition) is 2. The topological polar surface area (TPSA) is 106 Å². The second-order valence-corrected chi connectivity index (χ2v) is 9.97. The van der Waals surface area contributed by atoms with Crippen LogP contribution in [0.5, 0.6) is 5.75 Å². The molecule has 1 saturated heterocycles. The van der Waals surface area contributed by atoms with Crippen molar-refractivity contribution < 1.29 is 27.8 Å². The Labute approximate surface area is 225 Å². The number of rotatable bonds is 9. The number of halogens is 2. The Hall–Kier alpha value is -3.73. The van der Waals surface area contributed by atoms with E-state index >= 15 is 0 Å². The summed E-state index contributed by atoms with van der Waals surface area (Å²) in [5, 5.41) is 3.65. The number of hydrogen-bond acceptors (Lipinski definition) is 5. The Morgan fingerprint density at radius 3 is 2.51 bits per heavy atom. The molecule has 3 heterocycles. The monoisotopic (exact) mass is 544 g/mol. The van der Waals surface area contributed by atoms with E-state index in [1.807, 2.05) is 31.2 Å². The SMILES string of the molecule is COCC(F)(F)C(=O)N1CCC(Cn2c(C)c(C(=O)NCc3c(OC)cc(C)[nH]c3=O)c3ccccc32)CC1. The van der Waals surface area contributed by atoms with Gasteiger partial charge >= 0.3 is 5.92 Å². The number of aryl methyl sites for hydroxylation is 1. The van der Waals surface area contributed by atoms with E-state index in [1.165, 1.54) is 12.0 Å². The number of aromatic nitrogens is 2. The van der Waals surface area contributed by atoms with Crippen LogP contribution in [0.15, 0.2) is 35.1 Å². The van der Waals surface area contributed by atoms with Crippen LogP contribution in [0.2, 0.25) is 0 Å². The van der Waals surface area contributed by atoms with Crippen LogP contribution in [-0.2, 0) is 22.6 Å². The number of aromatic amines is 1. The molecule has 9 nitrogen and oxygen atoms in total. The average molecular weight is 545 g/mol. The number of piperidine rings is 1. The number of ether oxygens (including phenoxy) is 2. The first-order valence-corrected chi connectivity index (χ1v) is 12.9. The Bertz CT molecular complexity index is 1420. The number of carbonyl (C=O) groups is 2. The minimum absolute atomic E-state index is 0.00321. The van der Waals surface area contributed by atoms with Crippen LogP contribution in [0.25, 0.3) is 10.9 Å². The molecule has 0 unspecified atom stereocenters. The van der Waals surface area contributed by atoms with E-state index in [9.17, 15) is 23.2 Å². The molecule has 39 heavy (non-hydrogen) atoms. The summed E-state index contributed by atoms with van der Waals surface area (Å²) in [5.74, 6) is -4.50. The van der Waals surface area contributed by atoms with E-state index in [1.54, 1.807) is 13.0 Å². The quantitative estimate of drug-likeness (QED) is 0.430. The van der Waals surface area contributed by atoms with Crippen LogP contribution >= 0.6 is 0 Å². The number of pyridine rings is 1. The number of likely N-dealkylation sites (tertiary alicyclic amines) is 1. The van der Waals surface area contributed by atoms with Gasteiger partial charge in [-0.15, -0.1) is 0 Å². The first kappa shape index (κ1) is 28.3. The zero-order valence-corrected chi connectivity index (χ0v) is 22.6. The average Bonchev–Trinajstić information content (AvgIpc) is 3.18. The normalized spacial score (nSPS) is 14.6. The molecule has 2 N–H and O–H groups in total. The Balaban J connectivity index is 1.51. The van der Waals surface area contributed by atoms with Crippen LogP contribution in [0.4, 0.5) is 8.78 Å². The molecule has 0 spiro atoms. The van der Waals surface area contributed by atoms with Gasteiger partial charge in [-0.2, -0.15) is 8.78 Å². The molecular formula is C28H34F2N4O5. The number of fused-ring (bicyclic) bond motifs is 1. The Morgan fingerprint density at radius 2 is 1.85 bits per heavy atom. The summed E-state index contributed by atoms with van der Waals surface area (Å²) in [6.07, 6.45) is 1.14. The molecule has 0 atom stereocenters. The summed E-state index contributed by atoms with van der Waals surface area (Å²) in [4.78, 5) is 42.0. The molecule has 2 aromatic heterocycles. The van der Waals surface area contributed by atoms with Crippen molar-refractivity contribution in [2.75, 3.05) is 33.9 Å². The maximum Gasteiger partial charge on any atom is 0.347 e. The van der Waals surface area contributed by atoms with E-state index in [0.29, 0.717) is 42.0 Å². The fourth-order valence-corrected chi connectivity index (χ4v) is 5.30. The molecular weight excluding hydrogens is 510 g/mol. The number of methoxy groups -OCH3 is 2. The van der Waals surface area contributed by atoms with Crippen molar-refractivity contribution in [2.45, 2.75) is 45.7 Å². The molecule has 2 amide bonds. The lowest BCUT2D eigenvalue weighted by Crippen LogP contribution is -2.49. The second kappa shape index (κ2) is 11.6. The Kier molecular flexibility index (Phi) is 8.39. The van der Waals surface area contributed by atoms with Gasteiger partial charge in [-0.3, -0.25) is 14.4 Å². The van der Waals surface area contributed by atoms with Gasteiger partial charge < -0.3 is 29.2 Å². The number of H-pyrrole nitrogens is 1. The molecule has 1 aliphatic heterocycles. The highest BCUT2D eigenvalue weighted by Crippen LogP contribution is 2.30. The van der Waals surface area contributed by atoms with Crippen LogP contribution in [0, 0.1) is 19.8 Å². The first-order valence-electron chi connectivity index (χ1n) is 12.9. The minimum Gasteiger partial charge on any atom is -0.496 e. The highest BCUT2D eigenvalue weighted by Gasteiger charge is 2.43. The van der Waals surface area contributed by atoms with Crippen LogP contribution in [0.3, 0.4) is 0 Å². The lowest BCUT2D eigenvalue weighted by Gasteiger charge is -2.34. The summed E-state index contributed by atoms with van der Waals surface area (Å²) < 4.78 is 40.0. The molecule has 1 aromatic carbocycles. The second-order valence-electron chi connectivity index (χ2n) is 9.97. The molecule has 1 fully saturated rings. The van der Waals surface area contributed by atoms with E-state index in [-0.39, 0.29) is 37.0 Å². The third-order valence-corrected chi connectivity index (χ3v) is 7.31. The molecule has 0 aliphatic carbocycles. The number of para-hydroxylation sites is 1. The van der Waals surface area contributed by atoms with Gasteiger partial charge in [0.25, 0.3) is 17.4 Å². The molecule has 0 saturated carbocycles. The van der Waals surface area contributed by atoms with Crippen molar-refractivity contribution in [1.29, 1.82) is 0 Å². The third kappa shape index (κ3) is 5.83. The van der Waals surface area contributed by atoms with Crippen LogP contribution < -0.4 is 15.6 Å². The maximum absolute atomic E-state index is 14.0. The minimum atomic E-state index is -3.54. The van der Waals surface area contributed by atoms with Crippen molar-refractivity contribution in [2.24, 2.45) is 5.92 Å². The van der Waals surface area contributed by atoms with Gasteiger partial charge in [-0.25, -0.2) is 0 Å². The summed E-state index contributed by atoms with van der Waals surface area (Å²) >= 11 is 0. The fraction of sp³-hybridized carbons (Fsp3) is 0.464. The van der Waals surface area contributed by atoms with Crippen LogP contribution in [0.1, 0.15) is 40.2 Å². The van der Waals surface area contributed by atoms with E-state index in [4.69, 9.17) is 4.74 Å². The van der Waals surface area contributed by atoms with Gasteiger partial charge in [0.1, 0.15) is 12.4 Å². The number of nitrogens with one attached hydrogen (secondary N) is 2. The van der Waals surface area contributed by atoms with Crippen molar-refractivity contribution in [1.82, 2.24) is 19.8 Å². The largest absolute Gasteiger partial charge is 0.496 e. The summed E-state index contributed by atoms with van der Waals surface area (Å²) in [6.45, 7) is 3.75.